The fourth-order valence-corrected chi connectivity index (χ4v) is 3.96. The van der Waals surface area contributed by atoms with Crippen molar-refractivity contribution in [1.82, 2.24) is 0 Å². The van der Waals surface area contributed by atoms with Gasteiger partial charge in [-0.25, -0.2) is 4.79 Å². The molecule has 30 heavy (non-hydrogen) atoms. The van der Waals surface area contributed by atoms with E-state index in [1.54, 1.807) is 0 Å². The number of carbonyl (C=O) groups excluding carboxylic acids is 1. The maximum atomic E-state index is 12.0. The molecule has 0 aromatic carbocycles. The molecule has 2 heteroatoms. The Hall–Kier alpha value is -0.790. The van der Waals surface area contributed by atoms with Gasteiger partial charge in [0, 0.05) is 5.57 Å². The smallest absolute Gasteiger partial charge is 0.333 e. The third-order valence-electron chi connectivity index (χ3n) is 6.10. The van der Waals surface area contributed by atoms with Crippen molar-refractivity contribution in [2.75, 3.05) is 6.61 Å². The summed E-state index contributed by atoms with van der Waals surface area (Å²) in [6.45, 7) is 9.03. The Kier molecular flexibility index (Phi) is 23.8. The predicted octanol–water partition coefficient (Wildman–Crippen LogP) is 9.71. The molecule has 0 aromatic rings. The number of ether oxygens (including phenoxy) is 1. The van der Waals surface area contributed by atoms with Gasteiger partial charge in [-0.15, -0.1) is 0 Å². The van der Waals surface area contributed by atoms with Crippen LogP contribution in [0.25, 0.3) is 0 Å². The van der Waals surface area contributed by atoms with Gasteiger partial charge in [0.1, 0.15) is 0 Å². The van der Waals surface area contributed by atoms with Crippen LogP contribution in [0.2, 0.25) is 0 Å². The van der Waals surface area contributed by atoms with Crippen LogP contribution in [-0.2, 0) is 9.53 Å². The van der Waals surface area contributed by atoms with Crippen molar-refractivity contribution >= 4 is 5.97 Å². The molecule has 0 spiro atoms. The lowest BCUT2D eigenvalue weighted by atomic mass is 10.0. The van der Waals surface area contributed by atoms with Crippen LogP contribution < -0.4 is 0 Å². The first-order valence-electron chi connectivity index (χ1n) is 13.6. The highest BCUT2D eigenvalue weighted by molar-refractivity contribution is 5.87. The highest BCUT2D eigenvalue weighted by Crippen LogP contribution is 2.15. The second-order valence-electron chi connectivity index (χ2n) is 9.21. The minimum Gasteiger partial charge on any atom is -0.462 e. The molecule has 2 nitrogen and oxygen atoms in total. The summed E-state index contributed by atoms with van der Waals surface area (Å²) in [7, 11) is 0. The van der Waals surface area contributed by atoms with Gasteiger partial charge in [0.15, 0.2) is 0 Å². The fraction of sp³-hybridized carbons (Fsp3) is 0.893. The number of rotatable bonds is 24. The Morgan fingerprint density at radius 3 is 1.27 bits per heavy atom. The normalized spacial score (nSPS) is 11.0. The zero-order valence-electron chi connectivity index (χ0n) is 20.8. The first-order valence-corrected chi connectivity index (χ1v) is 13.6. The molecule has 178 valence electrons. The SMILES string of the molecule is C=C(CCCCCCCCCCCCC)C(=O)OCCCCCCCCCCCC. The van der Waals surface area contributed by atoms with Crippen molar-refractivity contribution in [2.24, 2.45) is 0 Å². The molecule has 0 aliphatic rings. The number of hydrogen-bond acceptors (Lipinski definition) is 2. The van der Waals surface area contributed by atoms with Gasteiger partial charge in [0.05, 0.1) is 6.61 Å². The van der Waals surface area contributed by atoms with Crippen LogP contribution in [0.4, 0.5) is 0 Å². The van der Waals surface area contributed by atoms with Crippen LogP contribution in [-0.4, -0.2) is 12.6 Å². The molecule has 0 fully saturated rings. The van der Waals surface area contributed by atoms with E-state index in [0.717, 1.165) is 19.3 Å². The quantitative estimate of drug-likeness (QED) is 0.0878. The molecule has 0 saturated carbocycles. The second kappa shape index (κ2) is 24.5. The maximum absolute atomic E-state index is 12.0. The molecule has 0 N–H and O–H groups in total. The number of carbonyl (C=O) groups is 1. The summed E-state index contributed by atoms with van der Waals surface area (Å²) in [5, 5.41) is 0. The number of unbranched alkanes of at least 4 members (excludes halogenated alkanes) is 19. The van der Waals surface area contributed by atoms with E-state index in [-0.39, 0.29) is 5.97 Å². The van der Waals surface area contributed by atoms with Crippen molar-refractivity contribution in [3.8, 4) is 0 Å². The number of esters is 1. The first kappa shape index (κ1) is 29.2. The zero-order valence-corrected chi connectivity index (χ0v) is 20.8. The molecule has 0 aromatic heterocycles. The minimum atomic E-state index is -0.169. The Balaban J connectivity index is 3.32. The molecule has 0 bridgehead atoms. The minimum absolute atomic E-state index is 0.169. The summed E-state index contributed by atoms with van der Waals surface area (Å²) in [4.78, 5) is 12.0. The summed E-state index contributed by atoms with van der Waals surface area (Å²) in [5.74, 6) is -0.169. The van der Waals surface area contributed by atoms with Gasteiger partial charge in [-0.05, 0) is 19.3 Å². The van der Waals surface area contributed by atoms with E-state index in [1.807, 2.05) is 0 Å². The summed E-state index contributed by atoms with van der Waals surface area (Å²) < 4.78 is 5.39. The highest BCUT2D eigenvalue weighted by Gasteiger charge is 2.07. The molecule has 0 aliphatic heterocycles. The largest absolute Gasteiger partial charge is 0.462 e. The van der Waals surface area contributed by atoms with Crippen LogP contribution in [0.15, 0.2) is 12.2 Å². The standard InChI is InChI=1S/C28H54O2/c1-4-6-8-10-12-14-16-17-19-21-23-25-27(3)28(29)30-26-24-22-20-18-15-13-11-9-7-5-2/h3-26H2,1-2H3. The Morgan fingerprint density at radius 1 is 0.533 bits per heavy atom. The van der Waals surface area contributed by atoms with Crippen LogP contribution in [0.5, 0.6) is 0 Å². The van der Waals surface area contributed by atoms with Crippen molar-refractivity contribution < 1.29 is 9.53 Å². The zero-order chi connectivity index (χ0) is 22.1. The highest BCUT2D eigenvalue weighted by atomic mass is 16.5. The van der Waals surface area contributed by atoms with Gasteiger partial charge in [-0.1, -0.05) is 142 Å². The van der Waals surface area contributed by atoms with E-state index in [0.29, 0.717) is 12.2 Å². The van der Waals surface area contributed by atoms with Crippen molar-refractivity contribution in [3.05, 3.63) is 12.2 Å². The van der Waals surface area contributed by atoms with Crippen LogP contribution >= 0.6 is 0 Å². The summed E-state index contributed by atoms with van der Waals surface area (Å²) in [6.07, 6.45) is 28.4. The van der Waals surface area contributed by atoms with E-state index >= 15 is 0 Å². The van der Waals surface area contributed by atoms with Crippen LogP contribution in [0, 0.1) is 0 Å². The first-order chi connectivity index (χ1) is 14.7. The van der Waals surface area contributed by atoms with E-state index in [9.17, 15) is 4.79 Å². The van der Waals surface area contributed by atoms with Crippen molar-refractivity contribution in [2.45, 2.75) is 155 Å². The lowest BCUT2D eigenvalue weighted by Crippen LogP contribution is -2.08. The second-order valence-corrected chi connectivity index (χ2v) is 9.21. The van der Waals surface area contributed by atoms with Crippen molar-refractivity contribution in [3.63, 3.8) is 0 Å². The van der Waals surface area contributed by atoms with E-state index < -0.39 is 0 Å². The monoisotopic (exact) mass is 422 g/mol. The summed E-state index contributed by atoms with van der Waals surface area (Å²) in [5.41, 5.74) is 0.665. The molecular weight excluding hydrogens is 368 g/mol. The third kappa shape index (κ3) is 21.9. The van der Waals surface area contributed by atoms with Gasteiger partial charge >= 0.3 is 5.97 Å². The molecule has 0 radical (unpaired) electrons. The van der Waals surface area contributed by atoms with Gasteiger partial charge in [0.25, 0.3) is 0 Å². The summed E-state index contributed by atoms with van der Waals surface area (Å²) in [6, 6.07) is 0. The van der Waals surface area contributed by atoms with Gasteiger partial charge in [-0.3, -0.25) is 0 Å². The average molecular weight is 423 g/mol. The molecule has 0 unspecified atom stereocenters. The maximum Gasteiger partial charge on any atom is 0.333 e. The van der Waals surface area contributed by atoms with Gasteiger partial charge in [-0.2, -0.15) is 0 Å². The average Bonchev–Trinajstić information content (AvgIpc) is 2.75. The van der Waals surface area contributed by atoms with Gasteiger partial charge < -0.3 is 4.74 Å². The fourth-order valence-electron chi connectivity index (χ4n) is 3.96. The lowest BCUT2D eigenvalue weighted by molar-refractivity contribution is -0.139. The van der Waals surface area contributed by atoms with E-state index in [4.69, 9.17) is 4.74 Å². The Morgan fingerprint density at radius 2 is 0.867 bits per heavy atom. The van der Waals surface area contributed by atoms with Gasteiger partial charge in [0.2, 0.25) is 0 Å². The molecule has 0 saturated heterocycles. The molecule has 0 heterocycles. The topological polar surface area (TPSA) is 26.3 Å². The predicted molar refractivity (Wildman–Crippen MR) is 133 cm³/mol. The molecule has 0 aliphatic carbocycles. The Labute approximate surface area is 189 Å². The summed E-state index contributed by atoms with van der Waals surface area (Å²) >= 11 is 0. The van der Waals surface area contributed by atoms with E-state index in [2.05, 4.69) is 20.4 Å². The van der Waals surface area contributed by atoms with Crippen LogP contribution in [0.3, 0.4) is 0 Å². The number of hydrogen-bond donors (Lipinski definition) is 0. The van der Waals surface area contributed by atoms with Crippen LogP contribution in [0.1, 0.15) is 155 Å². The molecule has 0 amide bonds. The molecular formula is C28H54O2. The molecule has 0 atom stereocenters. The molecule has 0 rings (SSSR count). The lowest BCUT2D eigenvalue weighted by Gasteiger charge is -2.07. The third-order valence-corrected chi connectivity index (χ3v) is 6.10. The Bertz CT molecular complexity index is 339. The van der Waals surface area contributed by atoms with Crippen molar-refractivity contribution in [1.29, 1.82) is 0 Å². The van der Waals surface area contributed by atoms with E-state index in [1.165, 1.54) is 122 Å².